The van der Waals surface area contributed by atoms with E-state index in [0.29, 0.717) is 4.47 Å². The van der Waals surface area contributed by atoms with Crippen LogP contribution in [0.25, 0.3) is 0 Å². The molecule has 1 aromatic carbocycles. The van der Waals surface area contributed by atoms with Gasteiger partial charge in [0.2, 0.25) is 0 Å². The normalized spacial score (nSPS) is 20.2. The first-order chi connectivity index (χ1) is 7.77. The number of halogens is 2. The van der Waals surface area contributed by atoms with Gasteiger partial charge in [-0.1, -0.05) is 12.1 Å². The highest BCUT2D eigenvalue weighted by atomic mass is 79.9. The topological polar surface area (TPSA) is 12.0 Å². The van der Waals surface area contributed by atoms with Crippen LogP contribution in [-0.4, -0.2) is 18.1 Å². The molecular weight excluding hydrogens is 289 g/mol. The van der Waals surface area contributed by atoms with Gasteiger partial charge in [-0.3, -0.25) is 0 Å². The molecule has 88 valence electrons. The fourth-order valence-corrected chi connectivity index (χ4v) is 3.53. The summed E-state index contributed by atoms with van der Waals surface area (Å²) in [6.45, 7) is 1.77. The molecule has 1 heterocycles. The van der Waals surface area contributed by atoms with E-state index in [1.54, 1.807) is 6.07 Å². The molecule has 1 unspecified atom stereocenters. The molecule has 0 spiro atoms. The summed E-state index contributed by atoms with van der Waals surface area (Å²) in [5.41, 5.74) is 0.991. The van der Waals surface area contributed by atoms with E-state index in [-0.39, 0.29) is 5.82 Å². The van der Waals surface area contributed by atoms with Crippen molar-refractivity contribution in [3.63, 3.8) is 0 Å². The summed E-state index contributed by atoms with van der Waals surface area (Å²) in [7, 11) is 0. The first-order valence-corrected chi connectivity index (χ1v) is 7.43. The lowest BCUT2D eigenvalue weighted by Gasteiger charge is -2.11. The third-order valence-electron chi connectivity index (χ3n) is 2.80. The number of hydrogen-bond donors (Lipinski definition) is 1. The Bertz CT molecular complexity index is 353. The molecule has 1 aliphatic heterocycles. The van der Waals surface area contributed by atoms with Crippen LogP contribution in [0.1, 0.15) is 12.0 Å². The fraction of sp³-hybridized carbons (Fsp3) is 0.500. The van der Waals surface area contributed by atoms with Crippen molar-refractivity contribution in [1.82, 2.24) is 5.32 Å². The summed E-state index contributed by atoms with van der Waals surface area (Å²) in [6.07, 6.45) is 1.31. The van der Waals surface area contributed by atoms with E-state index in [4.69, 9.17) is 0 Å². The molecule has 1 N–H and O–H groups in total. The Morgan fingerprint density at radius 3 is 3.12 bits per heavy atom. The minimum Gasteiger partial charge on any atom is -0.312 e. The first-order valence-electron chi connectivity index (χ1n) is 5.48. The second kappa shape index (κ2) is 6.03. The molecule has 0 radical (unpaired) electrons. The number of benzene rings is 1. The van der Waals surface area contributed by atoms with Crippen LogP contribution >= 0.6 is 27.7 Å². The van der Waals surface area contributed by atoms with Crippen LogP contribution in [0.2, 0.25) is 0 Å². The van der Waals surface area contributed by atoms with Crippen molar-refractivity contribution in [2.45, 2.75) is 13.0 Å². The highest BCUT2D eigenvalue weighted by Crippen LogP contribution is 2.23. The molecule has 16 heavy (non-hydrogen) atoms. The van der Waals surface area contributed by atoms with E-state index in [2.05, 4.69) is 21.2 Å². The van der Waals surface area contributed by atoms with Crippen LogP contribution < -0.4 is 5.32 Å². The fourth-order valence-electron chi connectivity index (χ4n) is 1.84. The molecule has 0 bridgehead atoms. The summed E-state index contributed by atoms with van der Waals surface area (Å²) < 4.78 is 13.8. The van der Waals surface area contributed by atoms with Gasteiger partial charge in [0.05, 0.1) is 4.47 Å². The van der Waals surface area contributed by atoms with Gasteiger partial charge in [0, 0.05) is 6.54 Å². The standard InChI is InChI=1S/C12H15BrFNS/c13-12-10(2-1-3-11(12)14)7-15-6-9-4-5-16-8-9/h1-3,9,15H,4-8H2. The van der Waals surface area contributed by atoms with E-state index in [9.17, 15) is 4.39 Å². The largest absolute Gasteiger partial charge is 0.312 e. The van der Waals surface area contributed by atoms with Crippen molar-refractivity contribution >= 4 is 27.7 Å². The summed E-state index contributed by atoms with van der Waals surface area (Å²) in [4.78, 5) is 0. The summed E-state index contributed by atoms with van der Waals surface area (Å²) in [5.74, 6) is 3.15. The van der Waals surface area contributed by atoms with Gasteiger partial charge in [0.25, 0.3) is 0 Å². The van der Waals surface area contributed by atoms with Gasteiger partial charge < -0.3 is 5.32 Å². The van der Waals surface area contributed by atoms with Crippen molar-refractivity contribution in [3.05, 3.63) is 34.1 Å². The molecule has 0 saturated carbocycles. The van der Waals surface area contributed by atoms with Crippen molar-refractivity contribution in [1.29, 1.82) is 0 Å². The van der Waals surface area contributed by atoms with Crippen LogP contribution in [0.15, 0.2) is 22.7 Å². The highest BCUT2D eigenvalue weighted by molar-refractivity contribution is 9.10. The number of rotatable bonds is 4. The van der Waals surface area contributed by atoms with Gasteiger partial charge in [-0.15, -0.1) is 0 Å². The average molecular weight is 304 g/mol. The Morgan fingerprint density at radius 2 is 2.38 bits per heavy atom. The molecule has 4 heteroatoms. The highest BCUT2D eigenvalue weighted by Gasteiger charge is 2.14. The lowest BCUT2D eigenvalue weighted by Crippen LogP contribution is -2.22. The number of thioether (sulfide) groups is 1. The van der Waals surface area contributed by atoms with Crippen molar-refractivity contribution in [2.75, 3.05) is 18.1 Å². The Kier molecular flexibility index (Phi) is 4.67. The van der Waals surface area contributed by atoms with E-state index >= 15 is 0 Å². The van der Waals surface area contributed by atoms with Gasteiger partial charge in [-0.25, -0.2) is 4.39 Å². The molecule has 1 atom stereocenters. The maximum atomic E-state index is 13.2. The zero-order valence-corrected chi connectivity index (χ0v) is 11.4. The minimum atomic E-state index is -0.185. The average Bonchev–Trinajstić information content (AvgIpc) is 2.77. The molecule has 1 saturated heterocycles. The number of hydrogen-bond acceptors (Lipinski definition) is 2. The van der Waals surface area contributed by atoms with E-state index in [0.717, 1.165) is 24.6 Å². The Morgan fingerprint density at radius 1 is 1.50 bits per heavy atom. The Labute approximate surface area is 108 Å². The quantitative estimate of drug-likeness (QED) is 0.914. The second-order valence-corrected chi connectivity index (χ2v) is 6.02. The first kappa shape index (κ1) is 12.4. The van der Waals surface area contributed by atoms with Crippen LogP contribution in [0.5, 0.6) is 0 Å². The van der Waals surface area contributed by atoms with E-state index < -0.39 is 0 Å². The van der Waals surface area contributed by atoms with Crippen molar-refractivity contribution in [2.24, 2.45) is 5.92 Å². The van der Waals surface area contributed by atoms with Crippen LogP contribution in [0.3, 0.4) is 0 Å². The van der Waals surface area contributed by atoms with Gasteiger partial charge in [-0.2, -0.15) is 11.8 Å². The van der Waals surface area contributed by atoms with E-state index in [1.165, 1.54) is 24.0 Å². The molecule has 1 nitrogen and oxygen atoms in total. The maximum absolute atomic E-state index is 13.2. The number of nitrogens with one attached hydrogen (secondary N) is 1. The van der Waals surface area contributed by atoms with Crippen molar-refractivity contribution in [3.8, 4) is 0 Å². The van der Waals surface area contributed by atoms with Crippen LogP contribution in [-0.2, 0) is 6.54 Å². The van der Waals surface area contributed by atoms with Gasteiger partial charge in [0.1, 0.15) is 5.82 Å². The van der Waals surface area contributed by atoms with E-state index in [1.807, 2.05) is 17.8 Å². The zero-order valence-electron chi connectivity index (χ0n) is 9.01. The molecule has 1 fully saturated rings. The lowest BCUT2D eigenvalue weighted by molar-refractivity contribution is 0.521. The zero-order chi connectivity index (χ0) is 11.4. The SMILES string of the molecule is Fc1cccc(CNCC2CCSC2)c1Br. The van der Waals surface area contributed by atoms with Gasteiger partial charge in [0.15, 0.2) is 0 Å². The summed E-state index contributed by atoms with van der Waals surface area (Å²) in [6, 6.07) is 5.17. The molecular formula is C12H15BrFNS. The molecule has 0 aliphatic carbocycles. The molecule has 1 aliphatic rings. The monoisotopic (exact) mass is 303 g/mol. The smallest absolute Gasteiger partial charge is 0.137 e. The minimum absolute atomic E-state index is 0.185. The third-order valence-corrected chi connectivity index (χ3v) is 4.92. The van der Waals surface area contributed by atoms with Gasteiger partial charge in [-0.05, 0) is 57.9 Å². The molecule has 2 rings (SSSR count). The second-order valence-electron chi connectivity index (χ2n) is 4.07. The summed E-state index contributed by atoms with van der Waals surface area (Å²) in [5, 5.41) is 3.40. The maximum Gasteiger partial charge on any atom is 0.137 e. The van der Waals surface area contributed by atoms with Crippen LogP contribution in [0, 0.1) is 11.7 Å². The summed E-state index contributed by atoms with van der Waals surface area (Å²) >= 11 is 5.30. The Hall–Kier alpha value is -0.0600. The molecule has 1 aromatic rings. The van der Waals surface area contributed by atoms with Crippen LogP contribution in [0.4, 0.5) is 4.39 Å². The lowest BCUT2D eigenvalue weighted by atomic mass is 10.1. The third kappa shape index (κ3) is 3.22. The van der Waals surface area contributed by atoms with Crippen molar-refractivity contribution < 1.29 is 4.39 Å². The molecule has 0 amide bonds. The predicted octanol–water partition coefficient (Wildman–Crippen LogP) is 3.43. The Balaban J connectivity index is 1.82. The molecule has 0 aromatic heterocycles. The predicted molar refractivity (Wildman–Crippen MR) is 71.2 cm³/mol. The van der Waals surface area contributed by atoms with Gasteiger partial charge >= 0.3 is 0 Å².